The third-order valence-corrected chi connectivity index (χ3v) is 4.05. The van der Waals surface area contributed by atoms with Gasteiger partial charge in [0.1, 0.15) is 5.82 Å². The Morgan fingerprint density at radius 1 is 0.885 bits per heavy atom. The van der Waals surface area contributed by atoms with Crippen LogP contribution in [0, 0.1) is 20.8 Å². The fourth-order valence-electron chi connectivity index (χ4n) is 2.70. The number of aryl methyl sites for hydroxylation is 3. The largest absolute Gasteiger partial charge is 0.340 e. The van der Waals surface area contributed by atoms with Gasteiger partial charge in [0.05, 0.1) is 0 Å². The van der Waals surface area contributed by atoms with E-state index in [1.165, 1.54) is 5.56 Å². The minimum atomic E-state index is 0.0447. The zero-order chi connectivity index (χ0) is 18.7. The van der Waals surface area contributed by atoms with Gasteiger partial charge in [-0.1, -0.05) is 17.7 Å². The third kappa shape index (κ3) is 4.25. The molecule has 0 fully saturated rings. The van der Waals surface area contributed by atoms with Crippen LogP contribution >= 0.6 is 0 Å². The molecule has 2 aromatic carbocycles. The molecular weight excluding hydrogens is 324 g/mol. The molecule has 0 radical (unpaired) electrons. The lowest BCUT2D eigenvalue weighted by atomic mass is 10.1. The molecule has 0 aliphatic carbocycles. The molecule has 3 aromatic rings. The molecule has 0 aliphatic heterocycles. The van der Waals surface area contributed by atoms with Crippen LogP contribution < -0.4 is 10.6 Å². The number of hydrogen-bond acceptors (Lipinski definition) is 5. The van der Waals surface area contributed by atoms with Crippen LogP contribution in [0.25, 0.3) is 0 Å². The molecule has 0 unspecified atom stereocenters. The van der Waals surface area contributed by atoms with Gasteiger partial charge in [-0.15, -0.1) is 0 Å². The van der Waals surface area contributed by atoms with Crippen molar-refractivity contribution in [3.8, 4) is 0 Å². The summed E-state index contributed by atoms with van der Waals surface area (Å²) in [4.78, 5) is 20.4. The summed E-state index contributed by atoms with van der Waals surface area (Å²) in [7, 11) is 0. The van der Waals surface area contributed by atoms with Gasteiger partial charge in [0.25, 0.3) is 0 Å². The highest BCUT2D eigenvalue weighted by molar-refractivity contribution is 5.94. The van der Waals surface area contributed by atoms with Crippen molar-refractivity contribution in [1.29, 1.82) is 0 Å². The Balaban J connectivity index is 1.82. The standard InChI is InChI=1S/C21H22N4O/c1-13-5-10-19(14(2)11-13)24-20-12-15(3)22-21(25-20)23-18-8-6-17(7-9-18)16(4)26/h5-12H,1-4H3,(H2,22,23,24,25). The SMILES string of the molecule is CC(=O)c1ccc(Nc2nc(C)cc(Nc3ccc(C)cc3C)n2)cc1. The quantitative estimate of drug-likeness (QED) is 0.630. The molecule has 1 aromatic heterocycles. The maximum absolute atomic E-state index is 11.4. The predicted octanol–water partition coefficient (Wildman–Crippen LogP) is 5.09. The van der Waals surface area contributed by atoms with Crippen LogP contribution in [0.4, 0.5) is 23.1 Å². The molecule has 0 spiro atoms. The van der Waals surface area contributed by atoms with Gasteiger partial charge in [-0.05, 0) is 63.6 Å². The lowest BCUT2D eigenvalue weighted by Crippen LogP contribution is -2.03. The van der Waals surface area contributed by atoms with Crippen molar-refractivity contribution < 1.29 is 4.79 Å². The second-order valence-corrected chi connectivity index (χ2v) is 6.42. The average molecular weight is 346 g/mol. The fourth-order valence-corrected chi connectivity index (χ4v) is 2.70. The molecule has 0 amide bonds. The van der Waals surface area contributed by atoms with Crippen molar-refractivity contribution in [1.82, 2.24) is 9.97 Å². The van der Waals surface area contributed by atoms with Crippen molar-refractivity contribution in [2.75, 3.05) is 10.6 Å². The van der Waals surface area contributed by atoms with Crippen LogP contribution in [-0.4, -0.2) is 15.8 Å². The Morgan fingerprint density at radius 3 is 2.27 bits per heavy atom. The highest BCUT2D eigenvalue weighted by Crippen LogP contribution is 2.22. The van der Waals surface area contributed by atoms with E-state index in [4.69, 9.17) is 0 Å². The number of carbonyl (C=O) groups excluding carboxylic acids is 1. The first-order chi connectivity index (χ1) is 12.4. The van der Waals surface area contributed by atoms with Crippen molar-refractivity contribution in [3.63, 3.8) is 0 Å². The molecule has 0 saturated heterocycles. The normalized spacial score (nSPS) is 10.5. The molecule has 0 saturated carbocycles. The highest BCUT2D eigenvalue weighted by Gasteiger charge is 2.06. The monoisotopic (exact) mass is 346 g/mol. The van der Waals surface area contributed by atoms with Gasteiger partial charge in [-0.25, -0.2) is 4.98 Å². The van der Waals surface area contributed by atoms with Crippen LogP contribution in [-0.2, 0) is 0 Å². The topological polar surface area (TPSA) is 66.9 Å². The molecular formula is C21H22N4O. The fraction of sp³-hybridized carbons (Fsp3) is 0.190. The van der Waals surface area contributed by atoms with E-state index in [0.29, 0.717) is 11.5 Å². The van der Waals surface area contributed by atoms with Gasteiger partial charge in [0.2, 0.25) is 5.95 Å². The number of anilines is 4. The van der Waals surface area contributed by atoms with E-state index in [9.17, 15) is 4.79 Å². The Morgan fingerprint density at radius 2 is 1.62 bits per heavy atom. The summed E-state index contributed by atoms with van der Waals surface area (Å²) < 4.78 is 0. The summed E-state index contributed by atoms with van der Waals surface area (Å²) >= 11 is 0. The maximum atomic E-state index is 11.4. The highest BCUT2D eigenvalue weighted by atomic mass is 16.1. The van der Waals surface area contributed by atoms with E-state index in [2.05, 4.69) is 52.6 Å². The van der Waals surface area contributed by atoms with E-state index in [1.807, 2.05) is 25.1 Å². The van der Waals surface area contributed by atoms with Crippen LogP contribution in [0.3, 0.4) is 0 Å². The van der Waals surface area contributed by atoms with Crippen molar-refractivity contribution in [2.45, 2.75) is 27.7 Å². The number of aromatic nitrogens is 2. The molecule has 132 valence electrons. The lowest BCUT2D eigenvalue weighted by Gasteiger charge is -2.12. The van der Waals surface area contributed by atoms with Crippen molar-refractivity contribution in [2.24, 2.45) is 0 Å². The zero-order valence-electron chi connectivity index (χ0n) is 15.4. The number of nitrogens with one attached hydrogen (secondary N) is 2. The van der Waals surface area contributed by atoms with Crippen LogP contribution in [0.2, 0.25) is 0 Å². The molecule has 3 rings (SSSR count). The second kappa shape index (κ2) is 7.35. The number of Topliss-reactive ketones (excluding diaryl/α,β-unsaturated/α-hetero) is 1. The van der Waals surface area contributed by atoms with Gasteiger partial charge < -0.3 is 10.6 Å². The Labute approximate surface area is 153 Å². The van der Waals surface area contributed by atoms with E-state index in [-0.39, 0.29) is 5.78 Å². The molecule has 0 aliphatic rings. The zero-order valence-corrected chi connectivity index (χ0v) is 15.4. The summed E-state index contributed by atoms with van der Waals surface area (Å²) in [5.74, 6) is 1.28. The average Bonchev–Trinajstić information content (AvgIpc) is 2.57. The smallest absolute Gasteiger partial charge is 0.229 e. The van der Waals surface area contributed by atoms with Gasteiger partial charge >= 0.3 is 0 Å². The summed E-state index contributed by atoms with van der Waals surface area (Å²) in [5.41, 5.74) is 5.77. The van der Waals surface area contributed by atoms with Gasteiger partial charge in [-0.2, -0.15) is 4.98 Å². The maximum Gasteiger partial charge on any atom is 0.229 e. The molecule has 1 heterocycles. The third-order valence-electron chi connectivity index (χ3n) is 4.05. The number of carbonyl (C=O) groups is 1. The first-order valence-corrected chi connectivity index (χ1v) is 8.49. The predicted molar refractivity (Wildman–Crippen MR) is 106 cm³/mol. The van der Waals surface area contributed by atoms with Crippen LogP contribution in [0.5, 0.6) is 0 Å². The Hall–Kier alpha value is -3.21. The second-order valence-electron chi connectivity index (χ2n) is 6.42. The minimum Gasteiger partial charge on any atom is -0.340 e. The van der Waals surface area contributed by atoms with E-state index >= 15 is 0 Å². The minimum absolute atomic E-state index is 0.0447. The first kappa shape index (κ1) is 17.6. The number of ketones is 1. The number of rotatable bonds is 5. The van der Waals surface area contributed by atoms with Crippen molar-refractivity contribution in [3.05, 3.63) is 70.9 Å². The summed E-state index contributed by atoms with van der Waals surface area (Å²) in [6.07, 6.45) is 0. The first-order valence-electron chi connectivity index (χ1n) is 8.49. The van der Waals surface area contributed by atoms with E-state index in [0.717, 1.165) is 28.5 Å². The van der Waals surface area contributed by atoms with Crippen LogP contribution in [0.1, 0.15) is 34.1 Å². The molecule has 26 heavy (non-hydrogen) atoms. The Bertz CT molecular complexity index is 949. The van der Waals surface area contributed by atoms with E-state index in [1.54, 1.807) is 19.1 Å². The molecule has 5 heteroatoms. The Kier molecular flexibility index (Phi) is 4.98. The molecule has 0 bridgehead atoms. The summed E-state index contributed by atoms with van der Waals surface area (Å²) in [5, 5.41) is 6.54. The molecule has 2 N–H and O–H groups in total. The molecule has 5 nitrogen and oxygen atoms in total. The lowest BCUT2D eigenvalue weighted by molar-refractivity contribution is 0.101. The van der Waals surface area contributed by atoms with E-state index < -0.39 is 0 Å². The number of hydrogen-bond donors (Lipinski definition) is 2. The van der Waals surface area contributed by atoms with Gasteiger partial charge in [0, 0.05) is 28.7 Å². The summed E-state index contributed by atoms with van der Waals surface area (Å²) in [6, 6.07) is 15.4. The van der Waals surface area contributed by atoms with Gasteiger partial charge in [-0.3, -0.25) is 4.79 Å². The van der Waals surface area contributed by atoms with Crippen molar-refractivity contribution >= 4 is 28.9 Å². The number of nitrogens with zero attached hydrogens (tertiary/aromatic N) is 2. The molecule has 0 atom stereocenters. The number of benzene rings is 2. The summed E-state index contributed by atoms with van der Waals surface area (Å²) in [6.45, 7) is 7.63. The van der Waals surface area contributed by atoms with Gasteiger partial charge in [0.15, 0.2) is 5.78 Å². The van der Waals surface area contributed by atoms with Crippen LogP contribution in [0.15, 0.2) is 48.5 Å².